The van der Waals surface area contributed by atoms with Gasteiger partial charge in [0.2, 0.25) is 12.5 Å². The number of ether oxygens (including phenoxy) is 3. The van der Waals surface area contributed by atoms with Crippen molar-refractivity contribution in [3.05, 3.63) is 47.0 Å². The third-order valence-corrected chi connectivity index (χ3v) is 5.18. The van der Waals surface area contributed by atoms with Crippen LogP contribution in [0.2, 0.25) is 0 Å². The van der Waals surface area contributed by atoms with Gasteiger partial charge in [0.15, 0.2) is 11.5 Å². The van der Waals surface area contributed by atoms with E-state index in [0.29, 0.717) is 29.3 Å². The summed E-state index contributed by atoms with van der Waals surface area (Å²) in [5, 5.41) is 3.03. The molecule has 0 saturated heterocycles. The second-order valence-electron chi connectivity index (χ2n) is 6.79. The van der Waals surface area contributed by atoms with Gasteiger partial charge in [0.25, 0.3) is 5.91 Å². The number of hydrogen-bond acceptors (Lipinski definition) is 6. The number of likely N-dealkylation sites (N-methyl/N-ethyl adjacent to an activating group) is 1. The summed E-state index contributed by atoms with van der Waals surface area (Å²) in [6.07, 6.45) is 0.890. The van der Waals surface area contributed by atoms with Gasteiger partial charge in [0.1, 0.15) is 0 Å². The standard InChI is InChI=1S/C20H23N3O4/c1-23-8-7-13-9-16-18(27-11-26-16)19(25-2)17(13)15(23)10-22-20(24)12-3-5-14(21)6-4-12/h3-6,9,15H,7-8,10-11,21H2,1-2H3,(H,22,24). The third kappa shape index (κ3) is 3.14. The van der Waals surface area contributed by atoms with Crippen molar-refractivity contribution in [2.24, 2.45) is 0 Å². The Hall–Kier alpha value is -2.93. The fraction of sp³-hybridized carbons (Fsp3) is 0.350. The lowest BCUT2D eigenvalue weighted by Gasteiger charge is -2.36. The minimum atomic E-state index is -0.129. The van der Waals surface area contributed by atoms with Crippen molar-refractivity contribution >= 4 is 11.6 Å². The van der Waals surface area contributed by atoms with Crippen molar-refractivity contribution in [2.75, 3.05) is 39.8 Å². The third-order valence-electron chi connectivity index (χ3n) is 5.18. The highest BCUT2D eigenvalue weighted by Crippen LogP contribution is 2.49. The Balaban J connectivity index is 1.60. The summed E-state index contributed by atoms with van der Waals surface area (Å²) in [5.41, 5.74) is 9.12. The maximum atomic E-state index is 12.5. The molecule has 0 aliphatic carbocycles. The van der Waals surface area contributed by atoms with Gasteiger partial charge >= 0.3 is 0 Å². The van der Waals surface area contributed by atoms with Crippen LogP contribution in [0, 0.1) is 0 Å². The van der Waals surface area contributed by atoms with Gasteiger partial charge in [-0.2, -0.15) is 0 Å². The number of nitrogens with zero attached hydrogens (tertiary/aromatic N) is 1. The molecule has 142 valence electrons. The monoisotopic (exact) mass is 369 g/mol. The number of carbonyl (C=O) groups excluding carboxylic acids is 1. The van der Waals surface area contributed by atoms with Gasteiger partial charge in [-0.25, -0.2) is 0 Å². The zero-order valence-electron chi connectivity index (χ0n) is 15.5. The Morgan fingerprint density at radius 2 is 2.11 bits per heavy atom. The number of carbonyl (C=O) groups is 1. The largest absolute Gasteiger partial charge is 0.492 e. The first kappa shape index (κ1) is 17.5. The lowest BCUT2D eigenvalue weighted by Crippen LogP contribution is -2.40. The van der Waals surface area contributed by atoms with Crippen LogP contribution in [-0.2, 0) is 6.42 Å². The quantitative estimate of drug-likeness (QED) is 0.802. The van der Waals surface area contributed by atoms with E-state index in [-0.39, 0.29) is 18.7 Å². The van der Waals surface area contributed by atoms with E-state index in [1.165, 1.54) is 5.56 Å². The molecule has 7 heteroatoms. The fourth-order valence-corrected chi connectivity index (χ4v) is 3.71. The normalized spacial score (nSPS) is 18.1. The average Bonchev–Trinajstić information content (AvgIpc) is 3.14. The van der Waals surface area contributed by atoms with Crippen LogP contribution in [0.4, 0.5) is 5.69 Å². The van der Waals surface area contributed by atoms with Crippen LogP contribution in [0.25, 0.3) is 0 Å². The second-order valence-corrected chi connectivity index (χ2v) is 6.79. The molecule has 0 spiro atoms. The van der Waals surface area contributed by atoms with E-state index in [4.69, 9.17) is 19.9 Å². The number of nitrogen functional groups attached to an aromatic ring is 1. The van der Waals surface area contributed by atoms with Crippen molar-refractivity contribution < 1.29 is 19.0 Å². The number of nitrogens with one attached hydrogen (secondary N) is 1. The van der Waals surface area contributed by atoms with Gasteiger partial charge in [-0.15, -0.1) is 0 Å². The average molecular weight is 369 g/mol. The Morgan fingerprint density at radius 1 is 1.33 bits per heavy atom. The van der Waals surface area contributed by atoms with Crippen molar-refractivity contribution in [1.82, 2.24) is 10.2 Å². The molecule has 0 radical (unpaired) electrons. The van der Waals surface area contributed by atoms with Gasteiger partial charge in [0, 0.05) is 29.9 Å². The first-order valence-electron chi connectivity index (χ1n) is 8.92. The molecule has 2 aliphatic heterocycles. The van der Waals surface area contributed by atoms with Gasteiger partial charge in [-0.3, -0.25) is 9.69 Å². The van der Waals surface area contributed by atoms with Gasteiger partial charge in [-0.05, 0) is 49.4 Å². The number of amides is 1. The number of methoxy groups -OCH3 is 1. The van der Waals surface area contributed by atoms with E-state index in [2.05, 4.69) is 10.2 Å². The molecule has 0 bridgehead atoms. The predicted octanol–water partition coefficient (Wildman–Crippen LogP) is 1.97. The number of hydrogen-bond donors (Lipinski definition) is 2. The summed E-state index contributed by atoms with van der Waals surface area (Å²) in [6, 6.07) is 8.91. The zero-order valence-corrected chi connectivity index (χ0v) is 15.5. The van der Waals surface area contributed by atoms with E-state index in [1.54, 1.807) is 31.4 Å². The smallest absolute Gasteiger partial charge is 0.251 e. The van der Waals surface area contributed by atoms with Crippen LogP contribution >= 0.6 is 0 Å². The molecule has 1 amide bonds. The topological polar surface area (TPSA) is 86.0 Å². The highest BCUT2D eigenvalue weighted by atomic mass is 16.7. The van der Waals surface area contributed by atoms with E-state index in [9.17, 15) is 4.79 Å². The SMILES string of the molecule is COc1c2c(cc3c1C(CNC(=O)c1ccc(N)cc1)N(C)CC3)OCO2. The van der Waals surface area contributed by atoms with Crippen LogP contribution < -0.4 is 25.3 Å². The zero-order chi connectivity index (χ0) is 19.0. The molecule has 2 aliphatic rings. The minimum Gasteiger partial charge on any atom is -0.492 e. The summed E-state index contributed by atoms with van der Waals surface area (Å²) in [5.74, 6) is 1.93. The molecule has 1 atom stereocenters. The molecular weight excluding hydrogens is 346 g/mol. The molecule has 2 aromatic rings. The molecule has 2 heterocycles. The molecule has 2 aromatic carbocycles. The van der Waals surface area contributed by atoms with Gasteiger partial charge in [-0.1, -0.05) is 0 Å². The van der Waals surface area contributed by atoms with Crippen LogP contribution in [-0.4, -0.2) is 44.8 Å². The fourth-order valence-electron chi connectivity index (χ4n) is 3.71. The summed E-state index contributed by atoms with van der Waals surface area (Å²) in [4.78, 5) is 14.7. The lowest BCUT2D eigenvalue weighted by molar-refractivity contribution is 0.0935. The van der Waals surface area contributed by atoms with Crippen molar-refractivity contribution in [3.8, 4) is 17.2 Å². The Bertz CT molecular complexity index is 867. The van der Waals surface area contributed by atoms with Crippen molar-refractivity contribution in [3.63, 3.8) is 0 Å². The van der Waals surface area contributed by atoms with Crippen molar-refractivity contribution in [1.29, 1.82) is 0 Å². The molecule has 3 N–H and O–H groups in total. The summed E-state index contributed by atoms with van der Waals surface area (Å²) >= 11 is 0. The molecule has 7 nitrogen and oxygen atoms in total. The molecule has 0 aromatic heterocycles. The van der Waals surface area contributed by atoms with E-state index < -0.39 is 0 Å². The molecule has 0 saturated carbocycles. The molecular formula is C20H23N3O4. The van der Waals surface area contributed by atoms with Crippen LogP contribution in [0.15, 0.2) is 30.3 Å². The minimum absolute atomic E-state index is 0.0177. The highest BCUT2D eigenvalue weighted by Gasteiger charge is 2.34. The van der Waals surface area contributed by atoms with Crippen LogP contribution in [0.5, 0.6) is 17.2 Å². The lowest BCUT2D eigenvalue weighted by atomic mass is 9.91. The maximum absolute atomic E-state index is 12.5. The number of benzene rings is 2. The van der Waals surface area contributed by atoms with Crippen molar-refractivity contribution in [2.45, 2.75) is 12.5 Å². The second kappa shape index (κ2) is 7.00. The number of anilines is 1. The first-order chi connectivity index (χ1) is 13.1. The van der Waals surface area contributed by atoms with E-state index >= 15 is 0 Å². The van der Waals surface area contributed by atoms with Gasteiger partial charge in [0.05, 0.1) is 13.2 Å². The molecule has 1 unspecified atom stereocenters. The van der Waals surface area contributed by atoms with Crippen LogP contribution in [0.3, 0.4) is 0 Å². The summed E-state index contributed by atoms with van der Waals surface area (Å²) in [7, 11) is 3.68. The van der Waals surface area contributed by atoms with Gasteiger partial charge < -0.3 is 25.3 Å². The highest BCUT2D eigenvalue weighted by molar-refractivity contribution is 5.94. The summed E-state index contributed by atoms with van der Waals surface area (Å²) in [6.45, 7) is 1.55. The Morgan fingerprint density at radius 3 is 2.85 bits per heavy atom. The predicted molar refractivity (Wildman–Crippen MR) is 101 cm³/mol. The molecule has 27 heavy (non-hydrogen) atoms. The molecule has 0 fully saturated rings. The van der Waals surface area contributed by atoms with E-state index in [1.807, 2.05) is 13.1 Å². The summed E-state index contributed by atoms with van der Waals surface area (Å²) < 4.78 is 16.8. The maximum Gasteiger partial charge on any atom is 0.251 e. The first-order valence-corrected chi connectivity index (χ1v) is 8.92. The number of nitrogens with two attached hydrogens (primary N) is 1. The number of rotatable bonds is 4. The molecule has 4 rings (SSSR count). The Kier molecular flexibility index (Phi) is 4.53. The van der Waals surface area contributed by atoms with E-state index in [0.717, 1.165) is 24.3 Å². The Labute approximate surface area is 158 Å². The number of fused-ring (bicyclic) bond motifs is 2. The van der Waals surface area contributed by atoms with Crippen LogP contribution in [0.1, 0.15) is 27.5 Å².